The molecule has 0 aromatic rings. The van der Waals surface area contributed by atoms with Crippen LogP contribution < -0.4 is 0 Å². The van der Waals surface area contributed by atoms with Crippen molar-refractivity contribution in [1.29, 1.82) is 0 Å². The normalized spacial score (nSPS) is 16.1. The van der Waals surface area contributed by atoms with Crippen molar-refractivity contribution in [3.63, 3.8) is 0 Å². The highest BCUT2D eigenvalue weighted by Crippen LogP contribution is 2.50. The zero-order valence-electron chi connectivity index (χ0n) is 14.3. The number of hydrogen-bond donors (Lipinski definition) is 0. The summed E-state index contributed by atoms with van der Waals surface area (Å²) in [6, 6.07) is -3.06. The van der Waals surface area contributed by atoms with Gasteiger partial charge in [0.05, 0.1) is 0 Å². The highest BCUT2D eigenvalue weighted by atomic mass is 19.3. The molecule has 0 heterocycles. The Bertz CT molecular complexity index is 462. The van der Waals surface area contributed by atoms with Crippen LogP contribution in [0.4, 0.5) is 30.7 Å². The topological polar surface area (TPSA) is 21.7 Å². The Morgan fingerprint density at radius 2 is 1.42 bits per heavy atom. The number of halogens is 7. The summed E-state index contributed by atoms with van der Waals surface area (Å²) in [5.74, 6) is -5.09. The standard InChI is InChI=1S/C14H22F7NO2/c1-11(2,8-22(4)5)7-12(3,23-6)13(18,19)14(20,21)24-10(17)9(15)16/h7-8H2,1-6H3. The Morgan fingerprint density at radius 3 is 1.75 bits per heavy atom. The summed E-state index contributed by atoms with van der Waals surface area (Å²) in [4.78, 5) is 1.66. The van der Waals surface area contributed by atoms with Crippen molar-refractivity contribution in [2.24, 2.45) is 5.41 Å². The first-order valence-electron chi connectivity index (χ1n) is 6.86. The Balaban J connectivity index is 5.69. The van der Waals surface area contributed by atoms with Crippen molar-refractivity contribution in [1.82, 2.24) is 4.90 Å². The van der Waals surface area contributed by atoms with Crippen LogP contribution in [0.2, 0.25) is 0 Å². The van der Waals surface area contributed by atoms with Gasteiger partial charge in [-0.15, -0.1) is 0 Å². The molecule has 144 valence electrons. The Labute approximate surface area is 136 Å². The second kappa shape index (κ2) is 7.47. The number of hydrogen-bond acceptors (Lipinski definition) is 3. The Kier molecular flexibility index (Phi) is 7.15. The van der Waals surface area contributed by atoms with Gasteiger partial charge >= 0.3 is 24.1 Å². The molecule has 0 saturated carbocycles. The van der Waals surface area contributed by atoms with Crippen LogP contribution in [0.3, 0.4) is 0 Å². The molecule has 0 aliphatic heterocycles. The fraction of sp³-hybridized carbons (Fsp3) is 0.857. The smallest absolute Gasteiger partial charge is 0.398 e. The molecule has 0 bridgehead atoms. The third-order valence-electron chi connectivity index (χ3n) is 3.41. The third-order valence-corrected chi connectivity index (χ3v) is 3.41. The molecular weight excluding hydrogens is 347 g/mol. The summed E-state index contributed by atoms with van der Waals surface area (Å²) >= 11 is 0. The first-order chi connectivity index (χ1) is 10.5. The van der Waals surface area contributed by atoms with E-state index in [1.54, 1.807) is 32.8 Å². The van der Waals surface area contributed by atoms with Gasteiger partial charge in [-0.05, 0) is 32.9 Å². The molecule has 10 heteroatoms. The molecule has 0 aromatic heterocycles. The number of alkyl halides is 4. The molecule has 1 unspecified atom stereocenters. The maximum atomic E-state index is 14.3. The van der Waals surface area contributed by atoms with Crippen molar-refractivity contribution in [3.8, 4) is 0 Å². The summed E-state index contributed by atoms with van der Waals surface area (Å²) in [5, 5.41) is 0. The van der Waals surface area contributed by atoms with E-state index < -0.39 is 41.6 Å². The maximum absolute atomic E-state index is 14.3. The quantitative estimate of drug-likeness (QED) is 0.436. The van der Waals surface area contributed by atoms with Gasteiger partial charge in [0.15, 0.2) is 0 Å². The molecular formula is C14H22F7NO2. The molecule has 0 radical (unpaired) electrons. The predicted molar refractivity (Wildman–Crippen MR) is 73.7 cm³/mol. The summed E-state index contributed by atoms with van der Waals surface area (Å²) in [5.41, 5.74) is -3.71. The van der Waals surface area contributed by atoms with Gasteiger partial charge in [0.2, 0.25) is 0 Å². The largest absolute Gasteiger partial charge is 0.469 e. The Morgan fingerprint density at radius 1 is 0.958 bits per heavy atom. The molecule has 0 amide bonds. The van der Waals surface area contributed by atoms with Gasteiger partial charge in [-0.3, -0.25) is 0 Å². The molecule has 0 aromatic carbocycles. The van der Waals surface area contributed by atoms with E-state index in [0.717, 1.165) is 7.11 Å². The average molecular weight is 369 g/mol. The minimum absolute atomic E-state index is 0.252. The number of methoxy groups -OCH3 is 1. The molecule has 0 aliphatic carbocycles. The second-order valence-corrected chi connectivity index (χ2v) is 6.74. The fourth-order valence-electron chi connectivity index (χ4n) is 2.66. The lowest BCUT2D eigenvalue weighted by atomic mass is 9.77. The zero-order chi connectivity index (χ0) is 19.6. The van der Waals surface area contributed by atoms with Gasteiger partial charge in [-0.25, -0.2) is 0 Å². The molecule has 0 fully saturated rings. The van der Waals surface area contributed by atoms with E-state index in [2.05, 4.69) is 9.47 Å². The summed E-state index contributed by atoms with van der Waals surface area (Å²) < 4.78 is 99.8. The van der Waals surface area contributed by atoms with E-state index in [9.17, 15) is 30.7 Å². The van der Waals surface area contributed by atoms with Crippen LogP contribution >= 0.6 is 0 Å². The van der Waals surface area contributed by atoms with E-state index in [-0.39, 0.29) is 6.54 Å². The second-order valence-electron chi connectivity index (χ2n) is 6.74. The lowest BCUT2D eigenvalue weighted by Gasteiger charge is -2.43. The van der Waals surface area contributed by atoms with Crippen LogP contribution in [0.15, 0.2) is 12.1 Å². The number of nitrogens with zero attached hydrogens (tertiary/aromatic N) is 1. The van der Waals surface area contributed by atoms with E-state index in [1.807, 2.05) is 0 Å². The Hall–Kier alpha value is -1.03. The van der Waals surface area contributed by atoms with Gasteiger partial charge < -0.3 is 14.4 Å². The van der Waals surface area contributed by atoms with E-state index >= 15 is 0 Å². The molecule has 0 rings (SSSR count). The van der Waals surface area contributed by atoms with Crippen molar-refractivity contribution >= 4 is 0 Å². The van der Waals surface area contributed by atoms with Gasteiger partial charge in [-0.2, -0.15) is 30.7 Å². The maximum Gasteiger partial charge on any atom is 0.469 e. The van der Waals surface area contributed by atoms with Gasteiger partial charge in [-0.1, -0.05) is 13.8 Å². The highest BCUT2D eigenvalue weighted by Gasteiger charge is 2.71. The van der Waals surface area contributed by atoms with Gasteiger partial charge in [0, 0.05) is 13.7 Å². The predicted octanol–water partition coefficient (Wildman–Crippen LogP) is 4.65. The van der Waals surface area contributed by atoms with Crippen LogP contribution in [0, 0.1) is 5.41 Å². The van der Waals surface area contributed by atoms with Crippen molar-refractivity contribution in [2.45, 2.75) is 44.8 Å². The van der Waals surface area contributed by atoms with Crippen LogP contribution in [0.1, 0.15) is 27.2 Å². The average Bonchev–Trinajstić information content (AvgIpc) is 2.35. The van der Waals surface area contributed by atoms with E-state index in [1.165, 1.54) is 0 Å². The highest BCUT2D eigenvalue weighted by molar-refractivity contribution is 5.01. The molecule has 0 N–H and O–H groups in total. The summed E-state index contributed by atoms with van der Waals surface area (Å²) in [6.07, 6.45) is -9.39. The minimum atomic E-state index is -5.54. The van der Waals surface area contributed by atoms with Gasteiger partial charge in [0.25, 0.3) is 0 Å². The third kappa shape index (κ3) is 5.23. The SMILES string of the molecule is COC(C)(CC(C)(C)CN(C)C)C(F)(F)C(F)(F)OC(F)=C(F)F. The van der Waals surface area contributed by atoms with Crippen LogP contribution in [-0.2, 0) is 9.47 Å². The van der Waals surface area contributed by atoms with Crippen LogP contribution in [-0.4, -0.2) is 50.3 Å². The van der Waals surface area contributed by atoms with Crippen molar-refractivity contribution in [3.05, 3.63) is 12.1 Å². The summed E-state index contributed by atoms with van der Waals surface area (Å²) in [7, 11) is 4.09. The van der Waals surface area contributed by atoms with Crippen molar-refractivity contribution in [2.75, 3.05) is 27.7 Å². The number of ether oxygens (including phenoxy) is 2. The fourth-order valence-corrected chi connectivity index (χ4v) is 2.66. The lowest BCUT2D eigenvalue weighted by Crippen LogP contribution is -2.60. The summed E-state index contributed by atoms with van der Waals surface area (Å²) in [6.45, 7) is 4.03. The van der Waals surface area contributed by atoms with E-state index in [4.69, 9.17) is 0 Å². The number of rotatable bonds is 9. The molecule has 0 spiro atoms. The monoisotopic (exact) mass is 369 g/mol. The minimum Gasteiger partial charge on any atom is -0.398 e. The first-order valence-corrected chi connectivity index (χ1v) is 6.86. The lowest BCUT2D eigenvalue weighted by molar-refractivity contribution is -0.386. The van der Waals surface area contributed by atoms with Crippen LogP contribution in [0.25, 0.3) is 0 Å². The zero-order valence-corrected chi connectivity index (χ0v) is 14.3. The molecule has 0 saturated heterocycles. The molecule has 24 heavy (non-hydrogen) atoms. The molecule has 1 atom stereocenters. The molecule has 3 nitrogen and oxygen atoms in total. The van der Waals surface area contributed by atoms with Gasteiger partial charge in [0.1, 0.15) is 5.60 Å². The van der Waals surface area contributed by atoms with Crippen LogP contribution in [0.5, 0.6) is 0 Å². The van der Waals surface area contributed by atoms with Crippen molar-refractivity contribution < 1.29 is 40.2 Å². The first kappa shape index (κ1) is 23.0. The molecule has 0 aliphatic rings. The van der Waals surface area contributed by atoms with E-state index in [0.29, 0.717) is 6.92 Å².